The molecule has 4 amide bonds. The second-order valence-electron chi connectivity index (χ2n) is 8.78. The number of nitrogens with zero attached hydrogens (tertiary/aromatic N) is 2. The first-order chi connectivity index (χ1) is 16.0. The van der Waals surface area contributed by atoms with E-state index in [1.54, 1.807) is 35.2 Å². The van der Waals surface area contributed by atoms with E-state index in [1.165, 1.54) is 4.90 Å². The first-order valence-electron chi connectivity index (χ1n) is 11.7. The van der Waals surface area contributed by atoms with Gasteiger partial charge >= 0.3 is 6.03 Å². The number of carbonyl (C=O) groups is 3. The first kappa shape index (κ1) is 22.8. The van der Waals surface area contributed by atoms with Gasteiger partial charge in [0.25, 0.3) is 5.91 Å². The Balaban J connectivity index is 1.50. The number of hydrogen-bond donors (Lipinski definition) is 1. The molecule has 7 nitrogen and oxygen atoms in total. The third-order valence-electron chi connectivity index (χ3n) is 6.22. The van der Waals surface area contributed by atoms with Crippen molar-refractivity contribution >= 4 is 29.2 Å². The normalized spacial score (nSPS) is 18.8. The van der Waals surface area contributed by atoms with Crippen LogP contribution in [-0.4, -0.2) is 41.4 Å². The third kappa shape index (κ3) is 5.02. The maximum atomic E-state index is 13.4. The van der Waals surface area contributed by atoms with Crippen molar-refractivity contribution in [2.24, 2.45) is 0 Å². The van der Waals surface area contributed by atoms with Crippen LogP contribution in [-0.2, 0) is 9.59 Å². The predicted molar refractivity (Wildman–Crippen MR) is 127 cm³/mol. The topological polar surface area (TPSA) is 79.0 Å². The van der Waals surface area contributed by atoms with Gasteiger partial charge in [0.2, 0.25) is 5.91 Å². The van der Waals surface area contributed by atoms with Crippen molar-refractivity contribution in [2.75, 3.05) is 16.8 Å². The molecule has 1 saturated heterocycles. The Morgan fingerprint density at radius 1 is 1.09 bits per heavy atom. The zero-order chi connectivity index (χ0) is 23.4. The van der Waals surface area contributed by atoms with Gasteiger partial charge in [-0.1, -0.05) is 31.9 Å². The third-order valence-corrected chi connectivity index (χ3v) is 6.22. The lowest BCUT2D eigenvalue weighted by atomic mass is 10.1. The Kier molecular flexibility index (Phi) is 6.96. The average molecular weight is 450 g/mol. The van der Waals surface area contributed by atoms with E-state index in [9.17, 15) is 14.4 Å². The molecule has 1 aliphatic carbocycles. The first-order valence-corrected chi connectivity index (χ1v) is 11.7. The fourth-order valence-electron chi connectivity index (χ4n) is 4.64. The zero-order valence-electron chi connectivity index (χ0n) is 19.3. The van der Waals surface area contributed by atoms with Gasteiger partial charge in [0, 0.05) is 11.7 Å². The highest BCUT2D eigenvalue weighted by molar-refractivity contribution is 6.22. The smallest absolute Gasteiger partial charge is 0.332 e. The van der Waals surface area contributed by atoms with Gasteiger partial charge in [-0.15, -0.1) is 0 Å². The fraction of sp³-hybridized carbons (Fsp3) is 0.423. The summed E-state index contributed by atoms with van der Waals surface area (Å²) in [7, 11) is 0. The lowest BCUT2D eigenvalue weighted by Crippen LogP contribution is -2.43. The molecular formula is C26H31N3O4. The van der Waals surface area contributed by atoms with Crippen LogP contribution in [0.15, 0.2) is 48.5 Å². The van der Waals surface area contributed by atoms with Crippen LogP contribution in [0.5, 0.6) is 5.75 Å². The van der Waals surface area contributed by atoms with Crippen molar-refractivity contribution in [3.63, 3.8) is 0 Å². The molecule has 1 heterocycles. The number of hydrogen-bond acceptors (Lipinski definition) is 4. The number of ether oxygens (including phenoxy) is 1. The van der Waals surface area contributed by atoms with Crippen molar-refractivity contribution in [1.82, 2.24) is 4.90 Å². The van der Waals surface area contributed by atoms with Crippen molar-refractivity contribution in [2.45, 2.75) is 64.5 Å². The molecule has 4 rings (SSSR count). The summed E-state index contributed by atoms with van der Waals surface area (Å²) in [5.41, 5.74) is 2.15. The fourth-order valence-corrected chi connectivity index (χ4v) is 4.64. The SMILES string of the molecule is CCCOc1ccc(NC(=O)C[C@@H]2C(=O)N(c3cccc(C)c3)C(=O)N2C2CCCC2)cc1. The van der Waals surface area contributed by atoms with Gasteiger partial charge in [0.1, 0.15) is 11.8 Å². The number of urea groups is 1. The number of amides is 4. The number of imide groups is 1. The quantitative estimate of drug-likeness (QED) is 0.582. The number of aryl methyl sites for hydroxylation is 1. The lowest BCUT2D eigenvalue weighted by Gasteiger charge is -2.27. The Labute approximate surface area is 194 Å². The molecule has 2 fully saturated rings. The molecule has 0 spiro atoms. The van der Waals surface area contributed by atoms with Gasteiger partial charge in [0.15, 0.2) is 0 Å². The van der Waals surface area contributed by atoms with Crippen LogP contribution in [0.2, 0.25) is 0 Å². The van der Waals surface area contributed by atoms with Crippen molar-refractivity contribution < 1.29 is 19.1 Å². The molecule has 0 radical (unpaired) electrons. The molecule has 0 aromatic heterocycles. The van der Waals surface area contributed by atoms with E-state index in [0.29, 0.717) is 18.0 Å². The highest BCUT2D eigenvalue weighted by Crippen LogP contribution is 2.34. The Morgan fingerprint density at radius 3 is 2.48 bits per heavy atom. The Hall–Kier alpha value is -3.35. The van der Waals surface area contributed by atoms with Crippen LogP contribution < -0.4 is 15.0 Å². The van der Waals surface area contributed by atoms with Crippen LogP contribution in [0.4, 0.5) is 16.2 Å². The Bertz CT molecular complexity index is 1010. The number of anilines is 2. The minimum absolute atomic E-state index is 0.0101. The van der Waals surface area contributed by atoms with Crippen molar-refractivity contribution in [1.29, 1.82) is 0 Å². The molecule has 7 heteroatoms. The summed E-state index contributed by atoms with van der Waals surface area (Å²) in [6.07, 6.45) is 4.62. The number of benzene rings is 2. The van der Waals surface area contributed by atoms with E-state index in [-0.39, 0.29) is 30.3 Å². The molecular weight excluding hydrogens is 418 g/mol. The molecule has 0 bridgehead atoms. The van der Waals surface area contributed by atoms with E-state index in [0.717, 1.165) is 43.4 Å². The Morgan fingerprint density at radius 2 is 1.82 bits per heavy atom. The second kappa shape index (κ2) is 10.1. The number of carbonyl (C=O) groups excluding carboxylic acids is 3. The van der Waals surface area contributed by atoms with Crippen LogP contribution in [0.25, 0.3) is 0 Å². The summed E-state index contributed by atoms with van der Waals surface area (Å²) in [5.74, 6) is 0.112. The molecule has 2 aromatic rings. The zero-order valence-corrected chi connectivity index (χ0v) is 19.3. The maximum absolute atomic E-state index is 13.4. The van der Waals surface area contributed by atoms with Crippen molar-refractivity contribution in [3.05, 3.63) is 54.1 Å². The van der Waals surface area contributed by atoms with Crippen LogP contribution in [0, 0.1) is 6.92 Å². The van der Waals surface area contributed by atoms with Gasteiger partial charge in [0.05, 0.1) is 18.7 Å². The predicted octanol–water partition coefficient (Wildman–Crippen LogP) is 4.89. The number of rotatable bonds is 8. The highest BCUT2D eigenvalue weighted by atomic mass is 16.5. The molecule has 1 saturated carbocycles. The molecule has 1 aliphatic heterocycles. The minimum Gasteiger partial charge on any atom is -0.494 e. The lowest BCUT2D eigenvalue weighted by molar-refractivity contribution is -0.124. The molecule has 0 unspecified atom stereocenters. The molecule has 1 atom stereocenters. The largest absolute Gasteiger partial charge is 0.494 e. The summed E-state index contributed by atoms with van der Waals surface area (Å²) in [5, 5.41) is 2.86. The van der Waals surface area contributed by atoms with Crippen LogP contribution in [0.1, 0.15) is 51.0 Å². The molecule has 33 heavy (non-hydrogen) atoms. The molecule has 174 valence electrons. The summed E-state index contributed by atoms with van der Waals surface area (Å²) in [6, 6.07) is 13.4. The van der Waals surface area contributed by atoms with Gasteiger partial charge in [-0.3, -0.25) is 9.59 Å². The van der Waals surface area contributed by atoms with Gasteiger partial charge in [-0.25, -0.2) is 9.69 Å². The van der Waals surface area contributed by atoms with Crippen LogP contribution in [0.3, 0.4) is 0 Å². The molecule has 1 N–H and O–H groups in total. The maximum Gasteiger partial charge on any atom is 0.332 e. The minimum atomic E-state index is -0.798. The average Bonchev–Trinajstić information content (AvgIpc) is 3.40. The standard InChI is InChI=1S/C26H31N3O4/c1-3-15-33-22-13-11-19(12-14-22)27-24(30)17-23-25(31)29(21-10-6-7-18(2)16-21)26(32)28(23)20-8-4-5-9-20/h6-7,10-14,16,20,23H,3-5,8-9,15,17H2,1-2H3,(H,27,30)/t23-/m1/s1. The van der Waals surface area contributed by atoms with Gasteiger partial charge in [-0.2, -0.15) is 0 Å². The summed E-state index contributed by atoms with van der Waals surface area (Å²) in [6.45, 7) is 4.60. The highest BCUT2D eigenvalue weighted by Gasteiger charge is 2.49. The molecule has 2 aromatic carbocycles. The molecule has 2 aliphatic rings. The number of nitrogens with one attached hydrogen (secondary N) is 1. The van der Waals surface area contributed by atoms with E-state index in [2.05, 4.69) is 5.32 Å². The monoisotopic (exact) mass is 449 g/mol. The second-order valence-corrected chi connectivity index (χ2v) is 8.78. The van der Waals surface area contributed by atoms with Crippen LogP contribution >= 0.6 is 0 Å². The van der Waals surface area contributed by atoms with Crippen molar-refractivity contribution in [3.8, 4) is 5.75 Å². The van der Waals surface area contributed by atoms with Gasteiger partial charge < -0.3 is 15.0 Å². The van der Waals surface area contributed by atoms with Gasteiger partial charge in [-0.05, 0) is 68.1 Å². The van der Waals surface area contributed by atoms with E-state index in [4.69, 9.17) is 4.74 Å². The summed E-state index contributed by atoms with van der Waals surface area (Å²) >= 11 is 0. The van der Waals surface area contributed by atoms with E-state index in [1.807, 2.05) is 32.0 Å². The van der Waals surface area contributed by atoms with E-state index < -0.39 is 6.04 Å². The summed E-state index contributed by atoms with van der Waals surface area (Å²) < 4.78 is 5.57. The summed E-state index contributed by atoms with van der Waals surface area (Å²) in [4.78, 5) is 42.5. The van der Waals surface area contributed by atoms with E-state index >= 15 is 0 Å².